The minimum atomic E-state index is 0.0804. The number of ether oxygens (including phenoxy) is 1. The Hall–Kier alpha value is -1.51. The molecule has 1 rings (SSSR count). The van der Waals surface area contributed by atoms with Gasteiger partial charge in [-0.2, -0.15) is 0 Å². The number of hydrogen-bond donors (Lipinski definition) is 0. The Bertz CT molecular complexity index is 417. The summed E-state index contributed by atoms with van der Waals surface area (Å²) >= 11 is 0. The molecule has 0 heterocycles. The van der Waals surface area contributed by atoms with Gasteiger partial charge in [0.25, 0.3) is 5.91 Å². The molecule has 0 aliphatic rings. The molecule has 0 N–H and O–H groups in total. The molecule has 0 bridgehead atoms. The summed E-state index contributed by atoms with van der Waals surface area (Å²) in [7, 11) is 0. The highest BCUT2D eigenvalue weighted by molar-refractivity contribution is 5.97. The van der Waals surface area contributed by atoms with Gasteiger partial charge < -0.3 is 9.64 Å². The number of unbranched alkanes of at least 4 members (excludes halogenated alkanes) is 1. The molecule has 0 radical (unpaired) electrons. The molecule has 1 unspecified atom stereocenters. The molecule has 1 amide bonds. The Labute approximate surface area is 122 Å². The van der Waals surface area contributed by atoms with Gasteiger partial charge in [0.15, 0.2) is 0 Å². The van der Waals surface area contributed by atoms with Crippen LogP contribution in [-0.4, -0.2) is 30.0 Å². The Morgan fingerprint density at radius 2 is 1.95 bits per heavy atom. The average Bonchev–Trinajstić information content (AvgIpc) is 2.48. The molecule has 1 aromatic carbocycles. The minimum Gasteiger partial charge on any atom is -0.493 e. The van der Waals surface area contributed by atoms with E-state index in [1.807, 2.05) is 36.1 Å². The predicted molar refractivity (Wildman–Crippen MR) is 83.3 cm³/mol. The van der Waals surface area contributed by atoms with E-state index in [1.54, 1.807) is 0 Å². The van der Waals surface area contributed by atoms with Crippen LogP contribution >= 0.6 is 0 Å². The van der Waals surface area contributed by atoms with E-state index in [9.17, 15) is 4.79 Å². The van der Waals surface area contributed by atoms with E-state index < -0.39 is 0 Å². The first-order chi connectivity index (χ1) is 9.65. The molecule has 1 atom stereocenters. The number of nitrogens with zero attached hydrogens (tertiary/aromatic N) is 1. The average molecular weight is 277 g/mol. The van der Waals surface area contributed by atoms with Gasteiger partial charge >= 0.3 is 0 Å². The second-order valence-corrected chi connectivity index (χ2v) is 5.04. The lowest BCUT2D eigenvalue weighted by molar-refractivity contribution is 0.0681. The van der Waals surface area contributed by atoms with Gasteiger partial charge in [0.05, 0.1) is 12.2 Å². The van der Waals surface area contributed by atoms with E-state index in [1.165, 1.54) is 0 Å². The lowest BCUT2D eigenvalue weighted by Crippen LogP contribution is -2.39. The summed E-state index contributed by atoms with van der Waals surface area (Å²) in [5, 5.41) is 0. The lowest BCUT2D eigenvalue weighted by atomic mass is 10.1. The summed E-state index contributed by atoms with van der Waals surface area (Å²) in [6, 6.07) is 7.77. The van der Waals surface area contributed by atoms with Crippen molar-refractivity contribution in [2.24, 2.45) is 0 Å². The smallest absolute Gasteiger partial charge is 0.257 e. The van der Waals surface area contributed by atoms with Gasteiger partial charge in [-0.15, -0.1) is 0 Å². The summed E-state index contributed by atoms with van der Waals surface area (Å²) in [4.78, 5) is 14.8. The fourth-order valence-electron chi connectivity index (χ4n) is 2.15. The van der Waals surface area contributed by atoms with E-state index in [4.69, 9.17) is 4.74 Å². The summed E-state index contributed by atoms with van der Waals surface area (Å²) in [5.74, 6) is 0.765. The third-order valence-electron chi connectivity index (χ3n) is 3.55. The van der Waals surface area contributed by atoms with Crippen LogP contribution in [0.1, 0.15) is 57.3 Å². The summed E-state index contributed by atoms with van der Waals surface area (Å²) < 4.78 is 5.58. The third kappa shape index (κ3) is 4.26. The molecule has 0 aliphatic heterocycles. The first-order valence-corrected chi connectivity index (χ1v) is 7.68. The van der Waals surface area contributed by atoms with E-state index >= 15 is 0 Å². The molecule has 3 heteroatoms. The van der Waals surface area contributed by atoms with Gasteiger partial charge in [0.2, 0.25) is 0 Å². The number of hydrogen-bond acceptors (Lipinski definition) is 2. The molecule has 0 aromatic heterocycles. The van der Waals surface area contributed by atoms with Crippen LogP contribution in [-0.2, 0) is 0 Å². The zero-order valence-corrected chi connectivity index (χ0v) is 13.2. The van der Waals surface area contributed by atoms with Crippen LogP contribution in [0.3, 0.4) is 0 Å². The minimum absolute atomic E-state index is 0.0804. The van der Waals surface area contributed by atoms with Crippen LogP contribution in [0.25, 0.3) is 0 Å². The van der Waals surface area contributed by atoms with Crippen molar-refractivity contribution in [2.45, 2.75) is 53.0 Å². The zero-order chi connectivity index (χ0) is 15.0. The van der Waals surface area contributed by atoms with E-state index in [2.05, 4.69) is 20.8 Å². The van der Waals surface area contributed by atoms with Crippen molar-refractivity contribution < 1.29 is 9.53 Å². The lowest BCUT2D eigenvalue weighted by Gasteiger charge is -2.29. The van der Waals surface area contributed by atoms with Crippen molar-refractivity contribution in [1.82, 2.24) is 4.90 Å². The molecule has 20 heavy (non-hydrogen) atoms. The molecule has 0 aliphatic carbocycles. The Kier molecular flexibility index (Phi) is 7.13. The summed E-state index contributed by atoms with van der Waals surface area (Å²) in [5.41, 5.74) is 0.672. The molecule has 1 aromatic rings. The maximum absolute atomic E-state index is 12.8. The van der Waals surface area contributed by atoms with Gasteiger partial charge in [-0.1, -0.05) is 32.4 Å². The summed E-state index contributed by atoms with van der Waals surface area (Å²) in [6.45, 7) is 9.69. The molecule has 0 saturated heterocycles. The number of carbonyl (C=O) groups excluding carboxylic acids is 1. The third-order valence-corrected chi connectivity index (χ3v) is 3.55. The van der Waals surface area contributed by atoms with Gasteiger partial charge in [0, 0.05) is 12.6 Å². The first kappa shape index (κ1) is 16.5. The standard InChI is InChI=1S/C17H27NO2/c1-5-8-13-18(14(4)6-2)17(19)15-11-9-10-12-16(15)20-7-3/h9-12,14H,5-8,13H2,1-4H3. The maximum atomic E-state index is 12.8. The Balaban J connectivity index is 2.98. The molecule has 3 nitrogen and oxygen atoms in total. The van der Waals surface area contributed by atoms with Crippen LogP contribution in [0.5, 0.6) is 5.75 Å². The van der Waals surface area contributed by atoms with Crippen molar-refractivity contribution in [1.29, 1.82) is 0 Å². The van der Waals surface area contributed by atoms with Gasteiger partial charge in [-0.25, -0.2) is 0 Å². The first-order valence-electron chi connectivity index (χ1n) is 7.68. The SMILES string of the molecule is CCCCN(C(=O)c1ccccc1OCC)C(C)CC. The highest BCUT2D eigenvalue weighted by Crippen LogP contribution is 2.21. The van der Waals surface area contributed by atoms with E-state index in [-0.39, 0.29) is 11.9 Å². The Morgan fingerprint density at radius 1 is 1.25 bits per heavy atom. The highest BCUT2D eigenvalue weighted by atomic mass is 16.5. The largest absolute Gasteiger partial charge is 0.493 e. The van der Waals surface area contributed by atoms with E-state index in [0.29, 0.717) is 17.9 Å². The fourth-order valence-corrected chi connectivity index (χ4v) is 2.15. The van der Waals surface area contributed by atoms with Crippen LogP contribution in [0, 0.1) is 0 Å². The molecular weight excluding hydrogens is 250 g/mol. The molecule has 0 spiro atoms. The van der Waals surface area contributed by atoms with Gasteiger partial charge in [-0.3, -0.25) is 4.79 Å². The molecule has 0 fully saturated rings. The van der Waals surface area contributed by atoms with Crippen LogP contribution < -0.4 is 4.74 Å². The summed E-state index contributed by atoms with van der Waals surface area (Å²) in [6.07, 6.45) is 3.09. The predicted octanol–water partition coefficient (Wildman–Crippen LogP) is 4.13. The number of carbonyl (C=O) groups is 1. The second-order valence-electron chi connectivity index (χ2n) is 5.04. The van der Waals surface area contributed by atoms with Crippen molar-refractivity contribution in [3.05, 3.63) is 29.8 Å². The zero-order valence-electron chi connectivity index (χ0n) is 13.2. The number of rotatable bonds is 8. The normalized spacial score (nSPS) is 12.0. The molecular formula is C17H27NO2. The monoisotopic (exact) mass is 277 g/mol. The van der Waals surface area contributed by atoms with Crippen molar-refractivity contribution in [3.63, 3.8) is 0 Å². The van der Waals surface area contributed by atoms with Crippen LogP contribution in [0.2, 0.25) is 0 Å². The quantitative estimate of drug-likeness (QED) is 0.715. The number of amides is 1. The van der Waals surface area contributed by atoms with E-state index in [0.717, 1.165) is 25.8 Å². The number of para-hydroxylation sites is 1. The Morgan fingerprint density at radius 3 is 2.55 bits per heavy atom. The van der Waals surface area contributed by atoms with Gasteiger partial charge in [0.1, 0.15) is 5.75 Å². The molecule has 0 saturated carbocycles. The van der Waals surface area contributed by atoms with Crippen molar-refractivity contribution in [3.8, 4) is 5.75 Å². The van der Waals surface area contributed by atoms with Crippen LogP contribution in [0.15, 0.2) is 24.3 Å². The topological polar surface area (TPSA) is 29.5 Å². The van der Waals surface area contributed by atoms with Crippen molar-refractivity contribution >= 4 is 5.91 Å². The van der Waals surface area contributed by atoms with Crippen molar-refractivity contribution in [2.75, 3.05) is 13.2 Å². The fraction of sp³-hybridized carbons (Fsp3) is 0.588. The number of benzene rings is 1. The van der Waals surface area contributed by atoms with Gasteiger partial charge in [-0.05, 0) is 38.8 Å². The molecule has 112 valence electrons. The second kappa shape index (κ2) is 8.62. The maximum Gasteiger partial charge on any atom is 0.257 e. The highest BCUT2D eigenvalue weighted by Gasteiger charge is 2.22. The van der Waals surface area contributed by atoms with Crippen LogP contribution in [0.4, 0.5) is 0 Å².